The molecule has 2 aromatic heterocycles. The molecule has 4 aromatic rings. The first-order valence-corrected chi connectivity index (χ1v) is 14.3. The van der Waals surface area contributed by atoms with E-state index in [9.17, 15) is 12.8 Å². The second-order valence-electron chi connectivity index (χ2n) is 9.67. The van der Waals surface area contributed by atoms with E-state index >= 15 is 0 Å². The molecule has 9 nitrogen and oxygen atoms in total. The highest BCUT2D eigenvalue weighted by Crippen LogP contribution is 2.32. The molecule has 1 unspecified atom stereocenters. The molecular formula is C27H33FN6O3S. The number of methoxy groups -OCH3 is 1. The van der Waals surface area contributed by atoms with Crippen LogP contribution in [0.2, 0.25) is 0 Å². The Hall–Kier alpha value is -3.28. The summed E-state index contributed by atoms with van der Waals surface area (Å²) >= 11 is 0. The molecule has 1 aliphatic heterocycles. The fourth-order valence-electron chi connectivity index (χ4n) is 5.14. The fraction of sp³-hybridized carbons (Fsp3) is 0.407. The van der Waals surface area contributed by atoms with Gasteiger partial charge in [-0.05, 0) is 61.7 Å². The van der Waals surface area contributed by atoms with Gasteiger partial charge in [0, 0.05) is 56.6 Å². The maximum Gasteiger partial charge on any atom is 0.246 e. The number of benzene rings is 2. The Labute approximate surface area is 222 Å². The lowest BCUT2D eigenvalue weighted by Crippen LogP contribution is -2.43. The maximum atomic E-state index is 13.7. The molecule has 3 heterocycles. The molecule has 1 fully saturated rings. The van der Waals surface area contributed by atoms with E-state index in [0.717, 1.165) is 40.8 Å². The predicted octanol–water partition coefficient (Wildman–Crippen LogP) is 4.00. The van der Waals surface area contributed by atoms with Gasteiger partial charge >= 0.3 is 0 Å². The van der Waals surface area contributed by atoms with Crippen molar-refractivity contribution in [1.29, 1.82) is 0 Å². The summed E-state index contributed by atoms with van der Waals surface area (Å²) in [6, 6.07) is 10.2. The summed E-state index contributed by atoms with van der Waals surface area (Å²) in [7, 11) is -2.15. The molecule has 38 heavy (non-hydrogen) atoms. The van der Waals surface area contributed by atoms with Crippen molar-refractivity contribution < 1.29 is 17.5 Å². The van der Waals surface area contributed by atoms with E-state index < -0.39 is 10.0 Å². The first-order valence-electron chi connectivity index (χ1n) is 12.8. The second kappa shape index (κ2) is 10.8. The Bertz CT molecular complexity index is 1520. The van der Waals surface area contributed by atoms with Gasteiger partial charge in [0.05, 0.1) is 30.2 Å². The van der Waals surface area contributed by atoms with Gasteiger partial charge in [-0.1, -0.05) is 6.92 Å². The standard InChI is InChI=1S/C27H33FN6O3S/c1-4-10-32-19-25(17-29-32)38(35,36)33(12-13-37-3)24-9-11-31(18-24)26-15-21-16-30-34(27(21)14-20(26)2)23-7-5-22(28)6-8-23/h5-8,14-17,19,24H,4,9-13,18H2,1-3H3. The number of hydrogen-bond acceptors (Lipinski definition) is 6. The summed E-state index contributed by atoms with van der Waals surface area (Å²) in [6.45, 7) is 6.64. The van der Waals surface area contributed by atoms with Crippen molar-refractivity contribution in [2.24, 2.45) is 0 Å². The highest BCUT2D eigenvalue weighted by Gasteiger charge is 2.37. The minimum absolute atomic E-state index is 0.193. The Morgan fingerprint density at radius 3 is 2.68 bits per heavy atom. The van der Waals surface area contributed by atoms with Crippen molar-refractivity contribution in [1.82, 2.24) is 23.9 Å². The second-order valence-corrected chi connectivity index (χ2v) is 11.6. The van der Waals surface area contributed by atoms with Gasteiger partial charge in [0.1, 0.15) is 10.7 Å². The summed E-state index contributed by atoms with van der Waals surface area (Å²) in [5.41, 5.74) is 3.84. The zero-order chi connectivity index (χ0) is 26.9. The van der Waals surface area contributed by atoms with Gasteiger partial charge < -0.3 is 9.64 Å². The van der Waals surface area contributed by atoms with Crippen molar-refractivity contribution in [2.75, 3.05) is 38.3 Å². The third kappa shape index (κ3) is 5.05. The SMILES string of the molecule is CCCn1cc(S(=O)(=O)N(CCOC)C2CCN(c3cc4cnn(-c5ccc(F)cc5)c4cc3C)C2)cn1. The topological polar surface area (TPSA) is 85.5 Å². The van der Waals surface area contributed by atoms with Crippen molar-refractivity contribution >= 4 is 26.6 Å². The lowest BCUT2D eigenvalue weighted by atomic mass is 10.1. The van der Waals surface area contributed by atoms with Crippen LogP contribution in [0.1, 0.15) is 25.3 Å². The van der Waals surface area contributed by atoms with Crippen LogP contribution in [-0.2, 0) is 21.3 Å². The predicted molar refractivity (Wildman–Crippen MR) is 145 cm³/mol. The Balaban J connectivity index is 1.40. The van der Waals surface area contributed by atoms with Crippen LogP contribution in [0, 0.1) is 12.7 Å². The van der Waals surface area contributed by atoms with Crippen LogP contribution < -0.4 is 4.90 Å². The molecule has 0 N–H and O–H groups in total. The van der Waals surface area contributed by atoms with Crippen molar-refractivity contribution in [2.45, 2.75) is 44.2 Å². The summed E-state index contributed by atoms with van der Waals surface area (Å²) in [6.07, 6.45) is 6.44. The van der Waals surface area contributed by atoms with Crippen LogP contribution >= 0.6 is 0 Å². The normalized spacial score (nSPS) is 16.2. The summed E-state index contributed by atoms with van der Waals surface area (Å²) in [5, 5.41) is 9.73. The van der Waals surface area contributed by atoms with Gasteiger partial charge in [-0.3, -0.25) is 4.68 Å². The van der Waals surface area contributed by atoms with Crippen LogP contribution in [0.5, 0.6) is 0 Å². The first kappa shape index (κ1) is 26.3. The van der Waals surface area contributed by atoms with Crippen LogP contribution in [0.25, 0.3) is 16.6 Å². The summed E-state index contributed by atoms with van der Waals surface area (Å²) < 4.78 is 51.0. The van der Waals surface area contributed by atoms with Crippen LogP contribution in [-0.4, -0.2) is 71.7 Å². The number of ether oxygens (including phenoxy) is 1. The van der Waals surface area contributed by atoms with Gasteiger partial charge in [0.2, 0.25) is 10.0 Å². The van der Waals surface area contributed by atoms with Gasteiger partial charge in [0.15, 0.2) is 0 Å². The van der Waals surface area contributed by atoms with Crippen molar-refractivity contribution in [3.05, 3.63) is 66.4 Å². The highest BCUT2D eigenvalue weighted by atomic mass is 32.2. The van der Waals surface area contributed by atoms with Gasteiger partial charge in [-0.2, -0.15) is 14.5 Å². The molecule has 0 spiro atoms. The van der Waals surface area contributed by atoms with E-state index in [1.807, 2.05) is 13.8 Å². The van der Waals surface area contributed by atoms with Gasteiger partial charge in [-0.15, -0.1) is 0 Å². The maximum absolute atomic E-state index is 13.7. The van der Waals surface area contributed by atoms with E-state index in [2.05, 4.69) is 27.2 Å². The third-order valence-electron chi connectivity index (χ3n) is 7.05. The number of anilines is 1. The number of nitrogens with zero attached hydrogens (tertiary/aromatic N) is 6. The molecule has 1 aliphatic rings. The quantitative estimate of drug-likeness (QED) is 0.302. The average Bonchev–Trinajstić information content (AvgIpc) is 3.65. The lowest BCUT2D eigenvalue weighted by Gasteiger charge is -2.28. The smallest absolute Gasteiger partial charge is 0.246 e. The molecule has 0 saturated carbocycles. The van der Waals surface area contributed by atoms with E-state index in [4.69, 9.17) is 4.74 Å². The van der Waals surface area contributed by atoms with Crippen molar-refractivity contribution in [3.63, 3.8) is 0 Å². The number of aryl methyl sites for hydroxylation is 2. The number of hydrogen-bond donors (Lipinski definition) is 0. The van der Waals surface area contributed by atoms with Crippen LogP contribution in [0.3, 0.4) is 0 Å². The van der Waals surface area contributed by atoms with E-state index in [1.54, 1.807) is 45.3 Å². The largest absolute Gasteiger partial charge is 0.383 e. The number of aromatic nitrogens is 4. The van der Waals surface area contributed by atoms with E-state index in [-0.39, 0.29) is 23.3 Å². The van der Waals surface area contributed by atoms with Crippen molar-refractivity contribution in [3.8, 4) is 5.69 Å². The minimum Gasteiger partial charge on any atom is -0.383 e. The van der Waals surface area contributed by atoms with Gasteiger partial charge in [-0.25, -0.2) is 17.5 Å². The third-order valence-corrected chi connectivity index (χ3v) is 8.96. The molecule has 0 aliphatic carbocycles. The summed E-state index contributed by atoms with van der Waals surface area (Å²) in [5.74, 6) is -0.288. The molecule has 2 aromatic carbocycles. The Kier molecular flexibility index (Phi) is 7.51. The Morgan fingerprint density at radius 2 is 1.95 bits per heavy atom. The molecule has 0 bridgehead atoms. The molecule has 0 radical (unpaired) electrons. The number of fused-ring (bicyclic) bond motifs is 1. The molecule has 0 amide bonds. The van der Waals surface area contributed by atoms with E-state index in [1.165, 1.54) is 18.3 Å². The molecule has 5 rings (SSSR count). The van der Waals surface area contributed by atoms with Crippen LogP contribution in [0.15, 0.2) is 59.9 Å². The number of rotatable bonds is 10. The summed E-state index contributed by atoms with van der Waals surface area (Å²) in [4.78, 5) is 2.45. The minimum atomic E-state index is -3.73. The van der Waals surface area contributed by atoms with Gasteiger partial charge in [0.25, 0.3) is 0 Å². The number of halogens is 1. The fourth-order valence-corrected chi connectivity index (χ4v) is 6.72. The lowest BCUT2D eigenvalue weighted by molar-refractivity contribution is 0.168. The van der Waals surface area contributed by atoms with Crippen LogP contribution in [0.4, 0.5) is 10.1 Å². The first-order chi connectivity index (χ1) is 18.3. The van der Waals surface area contributed by atoms with E-state index in [0.29, 0.717) is 26.1 Å². The molecule has 1 atom stereocenters. The Morgan fingerprint density at radius 1 is 1.16 bits per heavy atom. The molecule has 11 heteroatoms. The zero-order valence-electron chi connectivity index (χ0n) is 21.9. The highest BCUT2D eigenvalue weighted by molar-refractivity contribution is 7.89. The monoisotopic (exact) mass is 540 g/mol. The molecule has 202 valence electrons. The molecule has 1 saturated heterocycles. The number of sulfonamides is 1. The average molecular weight is 541 g/mol. The molecular weight excluding hydrogens is 507 g/mol. The zero-order valence-corrected chi connectivity index (χ0v) is 22.7.